The summed E-state index contributed by atoms with van der Waals surface area (Å²) in [4.78, 5) is 16.7. The lowest BCUT2D eigenvalue weighted by atomic mass is 10.1. The van der Waals surface area contributed by atoms with Gasteiger partial charge in [-0.1, -0.05) is 35.9 Å². The molecule has 0 aliphatic carbocycles. The van der Waals surface area contributed by atoms with E-state index < -0.39 is 0 Å². The third kappa shape index (κ3) is 4.41. The molecule has 0 bridgehead atoms. The lowest BCUT2D eigenvalue weighted by Gasteiger charge is -2.10. The van der Waals surface area contributed by atoms with Gasteiger partial charge in [0.1, 0.15) is 5.69 Å². The average Bonchev–Trinajstić information content (AvgIpc) is 2.65. The summed E-state index contributed by atoms with van der Waals surface area (Å²) in [6.45, 7) is 4.67. The maximum absolute atomic E-state index is 12.4. The van der Waals surface area contributed by atoms with Crippen LogP contribution < -0.4 is 10.6 Å². The Kier molecular flexibility index (Phi) is 5.54. The molecule has 132 valence electrons. The number of amides is 1. The van der Waals surface area contributed by atoms with Crippen LogP contribution in [0.1, 0.15) is 27.2 Å². The van der Waals surface area contributed by atoms with Crippen molar-refractivity contribution in [2.75, 3.05) is 10.6 Å². The summed E-state index contributed by atoms with van der Waals surface area (Å²) >= 11 is 5.88. The van der Waals surface area contributed by atoms with Gasteiger partial charge in [-0.15, -0.1) is 0 Å². The summed E-state index contributed by atoms with van der Waals surface area (Å²) in [5.74, 6) is -0.219. The largest absolute Gasteiger partial charge is 0.380 e. The first-order valence-corrected chi connectivity index (χ1v) is 8.72. The molecule has 2 aromatic carbocycles. The van der Waals surface area contributed by atoms with Gasteiger partial charge >= 0.3 is 0 Å². The van der Waals surface area contributed by atoms with E-state index in [1.54, 1.807) is 12.3 Å². The van der Waals surface area contributed by atoms with Crippen LogP contribution in [-0.2, 0) is 6.54 Å². The molecule has 5 heteroatoms. The molecule has 0 spiro atoms. The molecule has 0 unspecified atom stereocenters. The number of pyridine rings is 1. The quantitative estimate of drug-likeness (QED) is 0.652. The summed E-state index contributed by atoms with van der Waals surface area (Å²) in [5, 5.41) is 6.91. The number of carbonyl (C=O) groups excluding carboxylic acids is 1. The van der Waals surface area contributed by atoms with E-state index in [1.807, 2.05) is 62.4 Å². The van der Waals surface area contributed by atoms with Crippen molar-refractivity contribution in [3.8, 4) is 0 Å². The van der Waals surface area contributed by atoms with E-state index in [-0.39, 0.29) is 5.91 Å². The molecular weight excluding hydrogens is 346 g/mol. The average molecular weight is 366 g/mol. The molecule has 3 aromatic rings. The van der Waals surface area contributed by atoms with Gasteiger partial charge in [0.05, 0.1) is 11.9 Å². The number of nitrogens with one attached hydrogen (secondary N) is 2. The van der Waals surface area contributed by atoms with Gasteiger partial charge in [0.2, 0.25) is 0 Å². The maximum atomic E-state index is 12.4. The van der Waals surface area contributed by atoms with E-state index in [0.717, 1.165) is 33.1 Å². The number of halogens is 1. The van der Waals surface area contributed by atoms with Gasteiger partial charge < -0.3 is 10.6 Å². The predicted molar refractivity (Wildman–Crippen MR) is 107 cm³/mol. The second-order valence-corrected chi connectivity index (χ2v) is 6.55. The van der Waals surface area contributed by atoms with Gasteiger partial charge in [0.15, 0.2) is 0 Å². The SMILES string of the molecule is Cc1cccc(NC(=O)c2ccc(NCc3ccc(Cl)cc3)cn2)c1C. The highest BCUT2D eigenvalue weighted by Gasteiger charge is 2.10. The first-order chi connectivity index (χ1) is 12.5. The van der Waals surface area contributed by atoms with Crippen molar-refractivity contribution < 1.29 is 4.79 Å². The zero-order chi connectivity index (χ0) is 18.5. The van der Waals surface area contributed by atoms with Crippen LogP contribution in [0.5, 0.6) is 0 Å². The van der Waals surface area contributed by atoms with Crippen molar-refractivity contribution >= 4 is 28.9 Å². The highest BCUT2D eigenvalue weighted by atomic mass is 35.5. The van der Waals surface area contributed by atoms with Crippen LogP contribution in [0.4, 0.5) is 11.4 Å². The second kappa shape index (κ2) is 8.02. The fourth-order valence-corrected chi connectivity index (χ4v) is 2.64. The summed E-state index contributed by atoms with van der Waals surface area (Å²) < 4.78 is 0. The second-order valence-electron chi connectivity index (χ2n) is 6.11. The molecule has 3 rings (SSSR count). The van der Waals surface area contributed by atoms with Gasteiger partial charge in [-0.05, 0) is 60.9 Å². The molecule has 26 heavy (non-hydrogen) atoms. The maximum Gasteiger partial charge on any atom is 0.274 e. The van der Waals surface area contributed by atoms with Crippen LogP contribution in [-0.4, -0.2) is 10.9 Å². The Morgan fingerprint density at radius 2 is 1.81 bits per heavy atom. The van der Waals surface area contributed by atoms with Crippen molar-refractivity contribution in [1.29, 1.82) is 0 Å². The van der Waals surface area contributed by atoms with Crippen LogP contribution in [0.25, 0.3) is 0 Å². The number of hydrogen-bond donors (Lipinski definition) is 2. The van der Waals surface area contributed by atoms with E-state index in [9.17, 15) is 4.79 Å². The number of hydrogen-bond acceptors (Lipinski definition) is 3. The van der Waals surface area contributed by atoms with E-state index in [0.29, 0.717) is 12.2 Å². The highest BCUT2D eigenvalue weighted by Crippen LogP contribution is 2.19. The third-order valence-corrected chi connectivity index (χ3v) is 4.51. The molecule has 0 aliphatic rings. The van der Waals surface area contributed by atoms with Crippen LogP contribution in [0.2, 0.25) is 5.02 Å². The minimum Gasteiger partial charge on any atom is -0.380 e. The van der Waals surface area contributed by atoms with Crippen molar-refractivity contribution in [2.24, 2.45) is 0 Å². The van der Waals surface area contributed by atoms with Gasteiger partial charge in [0.25, 0.3) is 5.91 Å². The first-order valence-electron chi connectivity index (χ1n) is 8.35. The summed E-state index contributed by atoms with van der Waals surface area (Å²) in [6.07, 6.45) is 1.66. The fraction of sp³-hybridized carbons (Fsp3) is 0.143. The molecule has 0 saturated carbocycles. The monoisotopic (exact) mass is 365 g/mol. The number of aryl methyl sites for hydroxylation is 1. The molecule has 1 heterocycles. The number of aromatic nitrogens is 1. The molecule has 0 fully saturated rings. The van der Waals surface area contributed by atoms with E-state index >= 15 is 0 Å². The molecule has 1 amide bonds. The Balaban J connectivity index is 1.62. The number of anilines is 2. The third-order valence-electron chi connectivity index (χ3n) is 4.26. The first kappa shape index (κ1) is 18.0. The van der Waals surface area contributed by atoms with Crippen LogP contribution in [0.3, 0.4) is 0 Å². The zero-order valence-corrected chi connectivity index (χ0v) is 15.5. The van der Waals surface area contributed by atoms with E-state index in [1.165, 1.54) is 0 Å². The van der Waals surface area contributed by atoms with Crippen LogP contribution in [0.15, 0.2) is 60.8 Å². The van der Waals surface area contributed by atoms with Crippen molar-refractivity contribution in [3.05, 3.63) is 88.2 Å². The minimum atomic E-state index is -0.219. The molecule has 0 atom stereocenters. The summed E-state index contributed by atoms with van der Waals surface area (Å²) in [5.41, 5.74) is 5.35. The van der Waals surface area contributed by atoms with E-state index in [4.69, 9.17) is 11.6 Å². The fourth-order valence-electron chi connectivity index (χ4n) is 2.51. The van der Waals surface area contributed by atoms with Gasteiger partial charge in [-0.25, -0.2) is 4.98 Å². The van der Waals surface area contributed by atoms with Crippen LogP contribution in [0, 0.1) is 13.8 Å². The Morgan fingerprint density at radius 1 is 1.04 bits per heavy atom. The molecule has 0 saturated heterocycles. The smallest absolute Gasteiger partial charge is 0.274 e. The summed E-state index contributed by atoms with van der Waals surface area (Å²) in [7, 11) is 0. The Labute approximate surface area is 158 Å². The van der Waals surface area contributed by atoms with Crippen molar-refractivity contribution in [3.63, 3.8) is 0 Å². The van der Waals surface area contributed by atoms with E-state index in [2.05, 4.69) is 15.6 Å². The lowest BCUT2D eigenvalue weighted by Crippen LogP contribution is -2.14. The van der Waals surface area contributed by atoms with Gasteiger partial charge in [0, 0.05) is 17.3 Å². The van der Waals surface area contributed by atoms with Crippen molar-refractivity contribution in [1.82, 2.24) is 4.98 Å². The van der Waals surface area contributed by atoms with Gasteiger partial charge in [-0.2, -0.15) is 0 Å². The molecular formula is C21H20ClN3O. The lowest BCUT2D eigenvalue weighted by molar-refractivity contribution is 0.102. The Morgan fingerprint density at radius 3 is 2.50 bits per heavy atom. The Hall–Kier alpha value is -2.85. The van der Waals surface area contributed by atoms with Crippen molar-refractivity contribution in [2.45, 2.75) is 20.4 Å². The normalized spacial score (nSPS) is 10.4. The number of benzene rings is 2. The van der Waals surface area contributed by atoms with Gasteiger partial charge in [-0.3, -0.25) is 4.79 Å². The highest BCUT2D eigenvalue weighted by molar-refractivity contribution is 6.30. The number of nitrogens with zero attached hydrogens (tertiary/aromatic N) is 1. The Bertz CT molecular complexity index is 906. The topological polar surface area (TPSA) is 54.0 Å². The zero-order valence-electron chi connectivity index (χ0n) is 14.7. The standard InChI is InChI=1S/C21H20ClN3O/c1-14-4-3-5-19(15(14)2)25-21(26)20-11-10-18(13-24-20)23-12-16-6-8-17(22)9-7-16/h3-11,13,23H,12H2,1-2H3,(H,25,26). The molecule has 2 N–H and O–H groups in total. The molecule has 4 nitrogen and oxygen atoms in total. The predicted octanol–water partition coefficient (Wildman–Crippen LogP) is 5.22. The molecule has 1 aromatic heterocycles. The van der Waals surface area contributed by atoms with Crippen LogP contribution >= 0.6 is 11.6 Å². The molecule has 0 aliphatic heterocycles. The minimum absolute atomic E-state index is 0.219. The molecule has 0 radical (unpaired) electrons. The number of rotatable bonds is 5. The number of carbonyl (C=O) groups is 1. The summed E-state index contributed by atoms with van der Waals surface area (Å²) in [6, 6.07) is 17.0.